The van der Waals surface area contributed by atoms with Gasteiger partial charge in [-0.1, -0.05) is 38.1 Å². The summed E-state index contributed by atoms with van der Waals surface area (Å²) >= 11 is 0. The summed E-state index contributed by atoms with van der Waals surface area (Å²) in [5.74, 6) is 0.717. The Morgan fingerprint density at radius 3 is 2.52 bits per heavy atom. The van der Waals surface area contributed by atoms with Crippen molar-refractivity contribution in [3.8, 4) is 5.75 Å². The van der Waals surface area contributed by atoms with Crippen molar-refractivity contribution < 1.29 is 14.3 Å². The maximum absolute atomic E-state index is 12.2. The minimum atomic E-state index is -0.249. The fourth-order valence-electron chi connectivity index (χ4n) is 2.40. The molecule has 0 saturated heterocycles. The SMILES string of the molecule is CC(=O)N(C)c1cccc(NC(=O)COc2ccccc2C(C)C)c1. The molecule has 0 spiro atoms. The summed E-state index contributed by atoms with van der Waals surface area (Å²) in [5.41, 5.74) is 2.41. The fraction of sp³-hybridized carbons (Fsp3) is 0.300. The average Bonchev–Trinajstić information content (AvgIpc) is 2.59. The van der Waals surface area contributed by atoms with Gasteiger partial charge in [0.1, 0.15) is 5.75 Å². The van der Waals surface area contributed by atoms with Crippen molar-refractivity contribution in [2.24, 2.45) is 0 Å². The summed E-state index contributed by atoms with van der Waals surface area (Å²) < 4.78 is 5.67. The van der Waals surface area contributed by atoms with Crippen molar-refractivity contribution >= 4 is 23.2 Å². The third-order valence-electron chi connectivity index (χ3n) is 3.89. The topological polar surface area (TPSA) is 58.6 Å². The van der Waals surface area contributed by atoms with E-state index in [1.807, 2.05) is 30.3 Å². The first-order valence-electron chi connectivity index (χ1n) is 8.24. The number of nitrogens with zero attached hydrogens (tertiary/aromatic N) is 1. The number of hydrogen-bond acceptors (Lipinski definition) is 3. The maximum Gasteiger partial charge on any atom is 0.262 e. The van der Waals surface area contributed by atoms with Gasteiger partial charge in [-0.25, -0.2) is 0 Å². The molecule has 0 aliphatic carbocycles. The van der Waals surface area contributed by atoms with Gasteiger partial charge in [-0.2, -0.15) is 0 Å². The summed E-state index contributed by atoms with van der Waals surface area (Å²) in [4.78, 5) is 25.1. The predicted molar refractivity (Wildman–Crippen MR) is 100 cm³/mol. The minimum Gasteiger partial charge on any atom is -0.483 e. The fourth-order valence-corrected chi connectivity index (χ4v) is 2.40. The Balaban J connectivity index is 1.99. The van der Waals surface area contributed by atoms with Gasteiger partial charge >= 0.3 is 0 Å². The molecule has 0 heterocycles. The molecule has 0 fully saturated rings. The van der Waals surface area contributed by atoms with E-state index in [-0.39, 0.29) is 18.4 Å². The van der Waals surface area contributed by atoms with Gasteiger partial charge in [-0.05, 0) is 35.7 Å². The molecule has 132 valence electrons. The lowest BCUT2D eigenvalue weighted by molar-refractivity contribution is -0.118. The molecule has 2 rings (SSSR count). The van der Waals surface area contributed by atoms with Crippen LogP contribution in [0.1, 0.15) is 32.3 Å². The molecule has 5 nitrogen and oxygen atoms in total. The lowest BCUT2D eigenvalue weighted by Crippen LogP contribution is -2.23. The third-order valence-corrected chi connectivity index (χ3v) is 3.89. The molecule has 5 heteroatoms. The summed E-state index contributed by atoms with van der Waals surface area (Å²) in [5, 5.41) is 2.79. The Morgan fingerprint density at radius 2 is 1.84 bits per heavy atom. The van der Waals surface area contributed by atoms with Crippen LogP contribution in [0.2, 0.25) is 0 Å². The van der Waals surface area contributed by atoms with Gasteiger partial charge in [-0.15, -0.1) is 0 Å². The molecule has 25 heavy (non-hydrogen) atoms. The van der Waals surface area contributed by atoms with Crippen LogP contribution in [0.25, 0.3) is 0 Å². The Bertz CT molecular complexity index is 756. The van der Waals surface area contributed by atoms with Crippen LogP contribution in [0.4, 0.5) is 11.4 Å². The van der Waals surface area contributed by atoms with E-state index in [9.17, 15) is 9.59 Å². The van der Waals surface area contributed by atoms with Crippen molar-refractivity contribution in [2.75, 3.05) is 23.9 Å². The molecule has 0 aromatic heterocycles. The molecule has 1 N–H and O–H groups in total. The molecule has 0 saturated carbocycles. The van der Waals surface area contributed by atoms with E-state index in [0.717, 1.165) is 17.0 Å². The van der Waals surface area contributed by atoms with Crippen LogP contribution in [-0.2, 0) is 9.59 Å². The van der Waals surface area contributed by atoms with Crippen molar-refractivity contribution in [1.29, 1.82) is 0 Å². The first-order chi connectivity index (χ1) is 11.9. The highest BCUT2D eigenvalue weighted by Gasteiger charge is 2.11. The van der Waals surface area contributed by atoms with Crippen molar-refractivity contribution in [3.63, 3.8) is 0 Å². The smallest absolute Gasteiger partial charge is 0.262 e. The molecule has 0 aliphatic heterocycles. The molecule has 0 radical (unpaired) electrons. The highest BCUT2D eigenvalue weighted by Crippen LogP contribution is 2.26. The third kappa shape index (κ3) is 5.08. The molecule has 2 aromatic rings. The van der Waals surface area contributed by atoms with Crippen LogP contribution in [0, 0.1) is 0 Å². The number of rotatable bonds is 6. The van der Waals surface area contributed by atoms with E-state index >= 15 is 0 Å². The quantitative estimate of drug-likeness (QED) is 0.870. The van der Waals surface area contributed by atoms with E-state index in [1.165, 1.54) is 11.8 Å². The lowest BCUT2D eigenvalue weighted by Gasteiger charge is -2.16. The Hall–Kier alpha value is -2.82. The van der Waals surface area contributed by atoms with Gasteiger partial charge in [0, 0.05) is 25.3 Å². The second kappa shape index (κ2) is 8.33. The number of anilines is 2. The van der Waals surface area contributed by atoms with E-state index in [4.69, 9.17) is 4.74 Å². The first kappa shape index (κ1) is 18.5. The van der Waals surface area contributed by atoms with Gasteiger partial charge in [0.2, 0.25) is 5.91 Å². The number of benzene rings is 2. The van der Waals surface area contributed by atoms with Gasteiger partial charge in [0.25, 0.3) is 5.91 Å². The normalized spacial score (nSPS) is 10.4. The molecule has 0 unspecified atom stereocenters. The first-order valence-corrected chi connectivity index (χ1v) is 8.24. The standard InChI is InChI=1S/C20H24N2O3/c1-14(2)18-10-5-6-11-19(18)25-13-20(24)21-16-8-7-9-17(12-16)22(4)15(3)23/h5-12,14H,13H2,1-4H3,(H,21,24). The minimum absolute atomic E-state index is 0.0721. The molecule has 0 aliphatic rings. The van der Waals surface area contributed by atoms with Gasteiger partial charge in [0.15, 0.2) is 6.61 Å². The summed E-state index contributed by atoms with van der Waals surface area (Å²) in [6.45, 7) is 5.58. The molecule has 0 atom stereocenters. The van der Waals surface area contributed by atoms with Crippen LogP contribution in [0.3, 0.4) is 0 Å². The zero-order valence-corrected chi connectivity index (χ0v) is 15.1. The predicted octanol–water partition coefficient (Wildman–Crippen LogP) is 3.81. The van der Waals surface area contributed by atoms with Gasteiger partial charge in [0.05, 0.1) is 0 Å². The van der Waals surface area contributed by atoms with Crippen molar-refractivity contribution in [3.05, 3.63) is 54.1 Å². The number of carbonyl (C=O) groups excluding carboxylic acids is 2. The number of amides is 2. The Labute approximate surface area is 148 Å². The maximum atomic E-state index is 12.2. The Morgan fingerprint density at radius 1 is 1.12 bits per heavy atom. The lowest BCUT2D eigenvalue weighted by atomic mass is 10.0. The van der Waals surface area contributed by atoms with Crippen molar-refractivity contribution in [2.45, 2.75) is 26.7 Å². The number of hydrogen-bond donors (Lipinski definition) is 1. The summed E-state index contributed by atoms with van der Waals surface area (Å²) in [6, 6.07) is 14.8. The second-order valence-corrected chi connectivity index (χ2v) is 6.16. The summed E-state index contributed by atoms with van der Waals surface area (Å²) in [7, 11) is 1.69. The Kier molecular flexibility index (Phi) is 6.17. The number of nitrogens with one attached hydrogen (secondary N) is 1. The zero-order valence-electron chi connectivity index (χ0n) is 15.1. The number of carbonyl (C=O) groups is 2. The van der Waals surface area contributed by atoms with Crippen LogP contribution in [-0.4, -0.2) is 25.5 Å². The number of para-hydroxylation sites is 1. The number of ether oxygens (including phenoxy) is 1. The van der Waals surface area contributed by atoms with Gasteiger partial charge < -0.3 is 15.0 Å². The van der Waals surface area contributed by atoms with Gasteiger partial charge in [-0.3, -0.25) is 9.59 Å². The molecular formula is C20H24N2O3. The van der Waals surface area contributed by atoms with E-state index < -0.39 is 0 Å². The highest BCUT2D eigenvalue weighted by atomic mass is 16.5. The van der Waals surface area contributed by atoms with E-state index in [2.05, 4.69) is 19.2 Å². The zero-order chi connectivity index (χ0) is 18.4. The summed E-state index contributed by atoms with van der Waals surface area (Å²) in [6.07, 6.45) is 0. The van der Waals surface area contributed by atoms with Crippen molar-refractivity contribution in [1.82, 2.24) is 0 Å². The van der Waals surface area contributed by atoms with E-state index in [1.54, 1.807) is 25.2 Å². The monoisotopic (exact) mass is 340 g/mol. The largest absolute Gasteiger partial charge is 0.483 e. The molecule has 0 bridgehead atoms. The average molecular weight is 340 g/mol. The molecular weight excluding hydrogens is 316 g/mol. The molecule has 2 amide bonds. The van der Waals surface area contributed by atoms with Crippen LogP contribution in [0.5, 0.6) is 5.75 Å². The second-order valence-electron chi connectivity index (χ2n) is 6.16. The van der Waals surface area contributed by atoms with Crippen LogP contribution in [0.15, 0.2) is 48.5 Å². The molecule has 2 aromatic carbocycles. The highest BCUT2D eigenvalue weighted by molar-refractivity contribution is 5.94. The van der Waals surface area contributed by atoms with Crippen LogP contribution >= 0.6 is 0 Å². The van der Waals surface area contributed by atoms with E-state index in [0.29, 0.717) is 11.6 Å². The van der Waals surface area contributed by atoms with Crippen LogP contribution < -0.4 is 15.0 Å².